The highest BCUT2D eigenvalue weighted by atomic mass is 32.2. The maximum Gasteiger partial charge on any atom is 0.243 e. The van der Waals surface area contributed by atoms with Crippen LogP contribution in [0.5, 0.6) is 5.75 Å². The maximum atomic E-state index is 12.6. The maximum absolute atomic E-state index is 12.6. The van der Waals surface area contributed by atoms with Crippen molar-refractivity contribution in [1.29, 1.82) is 0 Å². The van der Waals surface area contributed by atoms with Crippen molar-refractivity contribution in [3.05, 3.63) is 24.3 Å². The summed E-state index contributed by atoms with van der Waals surface area (Å²) in [5.41, 5.74) is 0. The number of unbranched alkanes of at least 4 members (excludes halogenated alkanes) is 1. The van der Waals surface area contributed by atoms with Crippen molar-refractivity contribution in [3.63, 3.8) is 0 Å². The lowest BCUT2D eigenvalue weighted by atomic mass is 10.3. The normalized spacial score (nSPS) is 13.4. The van der Waals surface area contributed by atoms with Crippen LogP contribution in [-0.2, 0) is 10.0 Å². The monoisotopic (exact) mass is 301 g/mol. The smallest absolute Gasteiger partial charge is 0.243 e. The largest absolute Gasteiger partial charge is 0.497 e. The molecule has 5 nitrogen and oxygen atoms in total. The van der Waals surface area contributed by atoms with Gasteiger partial charge >= 0.3 is 0 Å². The second-order valence-electron chi connectivity index (χ2n) is 4.68. The zero-order valence-corrected chi connectivity index (χ0v) is 13.1. The molecule has 20 heavy (non-hydrogen) atoms. The number of aliphatic hydroxyl groups is 1. The van der Waals surface area contributed by atoms with E-state index in [0.29, 0.717) is 12.3 Å². The van der Waals surface area contributed by atoms with Gasteiger partial charge in [0.05, 0.1) is 18.6 Å². The zero-order chi connectivity index (χ0) is 15.2. The van der Waals surface area contributed by atoms with Crippen molar-refractivity contribution in [3.8, 4) is 5.75 Å². The van der Waals surface area contributed by atoms with Crippen LogP contribution in [0.15, 0.2) is 29.2 Å². The highest BCUT2D eigenvalue weighted by Gasteiger charge is 2.28. The van der Waals surface area contributed by atoms with Crippen LogP contribution >= 0.6 is 0 Å². The van der Waals surface area contributed by atoms with E-state index in [1.165, 1.54) is 23.5 Å². The Labute approximate surface area is 121 Å². The van der Waals surface area contributed by atoms with E-state index in [1.54, 1.807) is 19.1 Å². The van der Waals surface area contributed by atoms with Crippen LogP contribution in [-0.4, -0.2) is 44.1 Å². The van der Waals surface area contributed by atoms with Crippen molar-refractivity contribution in [2.75, 3.05) is 20.3 Å². The van der Waals surface area contributed by atoms with Gasteiger partial charge in [-0.15, -0.1) is 0 Å². The third-order valence-corrected chi connectivity index (χ3v) is 5.18. The first kappa shape index (κ1) is 16.9. The molecule has 0 aromatic heterocycles. The number of hydrogen-bond donors (Lipinski definition) is 1. The molecule has 0 fully saturated rings. The minimum atomic E-state index is -3.59. The minimum Gasteiger partial charge on any atom is -0.497 e. The lowest BCUT2D eigenvalue weighted by Gasteiger charge is -2.27. The molecule has 0 saturated carbocycles. The Bertz CT molecular complexity index is 498. The summed E-state index contributed by atoms with van der Waals surface area (Å²) in [5.74, 6) is 0.610. The van der Waals surface area contributed by atoms with E-state index < -0.39 is 16.1 Å². The van der Waals surface area contributed by atoms with Crippen LogP contribution in [0.1, 0.15) is 26.7 Å². The number of sulfonamides is 1. The Kier molecular flexibility index (Phi) is 6.45. The standard InChI is InChI=1S/C14H23NO4S/c1-4-5-10-15(12(2)11-16)20(17,18)14-8-6-13(19-3)7-9-14/h6-9,12,16H,4-5,10-11H2,1-3H3. The van der Waals surface area contributed by atoms with Gasteiger partial charge in [-0.25, -0.2) is 8.42 Å². The van der Waals surface area contributed by atoms with Crippen molar-refractivity contribution < 1.29 is 18.3 Å². The number of rotatable bonds is 8. The lowest BCUT2D eigenvalue weighted by molar-refractivity contribution is 0.197. The van der Waals surface area contributed by atoms with E-state index in [2.05, 4.69) is 0 Å². The first-order chi connectivity index (χ1) is 9.47. The third-order valence-electron chi connectivity index (χ3n) is 3.15. The molecule has 1 aromatic carbocycles. The average molecular weight is 301 g/mol. The molecule has 6 heteroatoms. The van der Waals surface area contributed by atoms with E-state index in [4.69, 9.17) is 4.74 Å². The van der Waals surface area contributed by atoms with Gasteiger partial charge in [0.25, 0.3) is 0 Å². The van der Waals surface area contributed by atoms with Gasteiger partial charge in [0.1, 0.15) is 5.75 Å². The molecule has 0 amide bonds. The summed E-state index contributed by atoms with van der Waals surface area (Å²) >= 11 is 0. The van der Waals surface area contributed by atoms with E-state index in [-0.39, 0.29) is 11.5 Å². The summed E-state index contributed by atoms with van der Waals surface area (Å²) in [6, 6.07) is 5.85. The number of methoxy groups -OCH3 is 1. The molecule has 1 aromatic rings. The summed E-state index contributed by atoms with van der Waals surface area (Å²) in [7, 11) is -2.06. The molecule has 114 valence electrons. The quantitative estimate of drug-likeness (QED) is 0.796. The second-order valence-corrected chi connectivity index (χ2v) is 6.57. The van der Waals surface area contributed by atoms with Crippen molar-refractivity contribution in [2.24, 2.45) is 0 Å². The molecule has 1 N–H and O–H groups in total. The molecule has 0 aliphatic heterocycles. The Balaban J connectivity index is 3.07. The third kappa shape index (κ3) is 3.94. The molecule has 0 aliphatic rings. The van der Waals surface area contributed by atoms with Gasteiger partial charge in [0, 0.05) is 12.6 Å². The molecule has 0 aliphatic carbocycles. The molecular weight excluding hydrogens is 278 g/mol. The van der Waals surface area contributed by atoms with Crippen LogP contribution in [0.3, 0.4) is 0 Å². The fourth-order valence-electron chi connectivity index (χ4n) is 1.87. The number of ether oxygens (including phenoxy) is 1. The summed E-state index contributed by atoms with van der Waals surface area (Å²) < 4.78 is 31.6. The minimum absolute atomic E-state index is 0.195. The Hall–Kier alpha value is -1.11. The highest BCUT2D eigenvalue weighted by molar-refractivity contribution is 7.89. The van der Waals surface area contributed by atoms with Gasteiger partial charge < -0.3 is 9.84 Å². The molecule has 1 atom stereocenters. The Morgan fingerprint density at radius 2 is 1.90 bits per heavy atom. The van der Waals surface area contributed by atoms with Crippen LogP contribution < -0.4 is 4.74 Å². The summed E-state index contributed by atoms with van der Waals surface area (Å²) in [6.45, 7) is 3.92. The van der Waals surface area contributed by atoms with Crippen molar-refractivity contribution in [2.45, 2.75) is 37.6 Å². The van der Waals surface area contributed by atoms with E-state index in [1.807, 2.05) is 6.92 Å². The van der Waals surface area contributed by atoms with E-state index >= 15 is 0 Å². The Morgan fingerprint density at radius 1 is 1.30 bits per heavy atom. The van der Waals surface area contributed by atoms with Gasteiger partial charge in [-0.05, 0) is 37.6 Å². The topological polar surface area (TPSA) is 66.8 Å². The van der Waals surface area contributed by atoms with Crippen LogP contribution in [0.4, 0.5) is 0 Å². The van der Waals surface area contributed by atoms with Gasteiger partial charge in [-0.2, -0.15) is 4.31 Å². The molecule has 0 spiro atoms. The van der Waals surface area contributed by atoms with Gasteiger partial charge in [-0.3, -0.25) is 0 Å². The van der Waals surface area contributed by atoms with Crippen LogP contribution in [0.25, 0.3) is 0 Å². The van der Waals surface area contributed by atoms with E-state index in [9.17, 15) is 13.5 Å². The fraction of sp³-hybridized carbons (Fsp3) is 0.571. The van der Waals surface area contributed by atoms with Crippen molar-refractivity contribution >= 4 is 10.0 Å². The summed E-state index contributed by atoms with van der Waals surface area (Å²) in [6.07, 6.45) is 1.66. The molecule has 1 rings (SSSR count). The van der Waals surface area contributed by atoms with Crippen molar-refractivity contribution in [1.82, 2.24) is 4.31 Å². The van der Waals surface area contributed by atoms with Crippen LogP contribution in [0.2, 0.25) is 0 Å². The summed E-state index contributed by atoms with van der Waals surface area (Å²) in [5, 5.41) is 9.27. The lowest BCUT2D eigenvalue weighted by Crippen LogP contribution is -2.41. The van der Waals surface area contributed by atoms with Gasteiger partial charge in [0.15, 0.2) is 0 Å². The van der Waals surface area contributed by atoms with Gasteiger partial charge in [0.2, 0.25) is 10.0 Å². The highest BCUT2D eigenvalue weighted by Crippen LogP contribution is 2.21. The molecule has 0 heterocycles. The number of aliphatic hydroxyl groups excluding tert-OH is 1. The predicted molar refractivity (Wildman–Crippen MR) is 78.3 cm³/mol. The summed E-state index contributed by atoms with van der Waals surface area (Å²) in [4.78, 5) is 0.217. The number of hydrogen-bond acceptors (Lipinski definition) is 4. The fourth-order valence-corrected chi connectivity index (χ4v) is 3.53. The zero-order valence-electron chi connectivity index (χ0n) is 12.2. The van der Waals surface area contributed by atoms with Gasteiger partial charge in [-0.1, -0.05) is 13.3 Å². The van der Waals surface area contributed by atoms with Crippen LogP contribution in [0, 0.1) is 0 Å². The Morgan fingerprint density at radius 3 is 2.35 bits per heavy atom. The number of nitrogens with zero attached hydrogens (tertiary/aromatic N) is 1. The first-order valence-electron chi connectivity index (χ1n) is 6.74. The average Bonchev–Trinajstić information content (AvgIpc) is 2.47. The molecule has 0 saturated heterocycles. The van der Waals surface area contributed by atoms with E-state index in [0.717, 1.165) is 12.8 Å². The SMILES string of the molecule is CCCCN(C(C)CO)S(=O)(=O)c1ccc(OC)cc1. The molecule has 1 unspecified atom stereocenters. The first-order valence-corrected chi connectivity index (χ1v) is 8.18. The molecular formula is C14H23NO4S. The molecule has 0 bridgehead atoms. The second kappa shape index (κ2) is 7.61. The molecule has 0 radical (unpaired) electrons. The number of benzene rings is 1. The predicted octanol–water partition coefficient (Wildman–Crippen LogP) is 1.87.